The summed E-state index contributed by atoms with van der Waals surface area (Å²) in [6.45, 7) is 1.95. The second-order valence-electron chi connectivity index (χ2n) is 5.98. The molecule has 0 saturated heterocycles. The summed E-state index contributed by atoms with van der Waals surface area (Å²) in [5.41, 5.74) is 9.45. The molecule has 0 bridgehead atoms. The van der Waals surface area contributed by atoms with Crippen LogP contribution in [-0.4, -0.2) is 33.4 Å². The molecule has 134 valence electrons. The van der Waals surface area contributed by atoms with Gasteiger partial charge in [-0.25, -0.2) is 4.98 Å². The average molecular weight is 354 g/mol. The van der Waals surface area contributed by atoms with Gasteiger partial charge < -0.3 is 14.9 Å². The lowest BCUT2D eigenvalue weighted by atomic mass is 10.0. The fraction of sp³-hybridized carbons (Fsp3) is 0.222. The molecule has 0 spiro atoms. The molecule has 0 saturated carbocycles. The predicted octanol–water partition coefficient (Wildman–Crippen LogP) is 2.26. The second-order valence-corrected chi connectivity index (χ2v) is 5.98. The van der Waals surface area contributed by atoms with Gasteiger partial charge in [0.05, 0.1) is 23.4 Å². The SMILES string of the molecule is COC(=O)C(N)Cc1c(-c2cccc([N+](=O)[O-])c2)nc2cc(C)ccn12. The van der Waals surface area contributed by atoms with Gasteiger partial charge in [0.2, 0.25) is 0 Å². The molecule has 8 nitrogen and oxygen atoms in total. The van der Waals surface area contributed by atoms with E-state index >= 15 is 0 Å². The molecule has 0 aliphatic rings. The van der Waals surface area contributed by atoms with Crippen molar-refractivity contribution in [2.45, 2.75) is 19.4 Å². The van der Waals surface area contributed by atoms with Gasteiger partial charge in [0.15, 0.2) is 0 Å². The van der Waals surface area contributed by atoms with E-state index in [9.17, 15) is 14.9 Å². The molecule has 26 heavy (non-hydrogen) atoms. The van der Waals surface area contributed by atoms with Gasteiger partial charge in [-0.2, -0.15) is 0 Å². The first-order chi connectivity index (χ1) is 12.4. The fourth-order valence-corrected chi connectivity index (χ4v) is 2.83. The van der Waals surface area contributed by atoms with Gasteiger partial charge in [0.1, 0.15) is 11.7 Å². The molecule has 0 aliphatic heterocycles. The molecule has 1 aromatic carbocycles. The number of nitrogens with two attached hydrogens (primary N) is 1. The highest BCUT2D eigenvalue weighted by atomic mass is 16.6. The Morgan fingerprint density at radius 3 is 2.85 bits per heavy atom. The molecule has 1 unspecified atom stereocenters. The second kappa shape index (κ2) is 6.93. The first kappa shape index (κ1) is 17.6. The number of hydrogen-bond acceptors (Lipinski definition) is 6. The van der Waals surface area contributed by atoms with E-state index in [1.54, 1.807) is 12.1 Å². The van der Waals surface area contributed by atoms with Gasteiger partial charge in [-0.1, -0.05) is 12.1 Å². The van der Waals surface area contributed by atoms with Crippen LogP contribution in [0.2, 0.25) is 0 Å². The maximum Gasteiger partial charge on any atom is 0.323 e. The number of nitrogens with zero attached hydrogens (tertiary/aromatic N) is 3. The van der Waals surface area contributed by atoms with Gasteiger partial charge in [-0.15, -0.1) is 0 Å². The Morgan fingerprint density at radius 2 is 2.15 bits per heavy atom. The summed E-state index contributed by atoms with van der Waals surface area (Å²) in [6, 6.07) is 9.18. The molecule has 1 atom stereocenters. The molecule has 2 N–H and O–H groups in total. The highest BCUT2D eigenvalue weighted by molar-refractivity contribution is 5.77. The van der Waals surface area contributed by atoms with Crippen LogP contribution >= 0.6 is 0 Å². The normalized spacial score (nSPS) is 12.1. The maximum atomic E-state index is 11.8. The third-order valence-corrected chi connectivity index (χ3v) is 4.13. The zero-order valence-electron chi connectivity index (χ0n) is 14.4. The number of pyridine rings is 1. The summed E-state index contributed by atoms with van der Waals surface area (Å²) >= 11 is 0. The van der Waals surface area contributed by atoms with Crippen molar-refractivity contribution < 1.29 is 14.5 Å². The number of fused-ring (bicyclic) bond motifs is 1. The number of hydrogen-bond donors (Lipinski definition) is 1. The number of carbonyl (C=O) groups is 1. The number of methoxy groups -OCH3 is 1. The summed E-state index contributed by atoms with van der Waals surface area (Å²) in [4.78, 5) is 27.0. The molecule has 3 rings (SSSR count). The zero-order valence-corrected chi connectivity index (χ0v) is 14.4. The molecule has 3 aromatic rings. The molecule has 0 radical (unpaired) electrons. The van der Waals surface area contributed by atoms with Gasteiger partial charge in [0, 0.05) is 30.3 Å². The van der Waals surface area contributed by atoms with Crippen LogP contribution in [0.25, 0.3) is 16.9 Å². The van der Waals surface area contributed by atoms with E-state index in [4.69, 9.17) is 10.5 Å². The maximum absolute atomic E-state index is 11.8. The summed E-state index contributed by atoms with van der Waals surface area (Å²) in [7, 11) is 1.28. The summed E-state index contributed by atoms with van der Waals surface area (Å²) in [5.74, 6) is -0.531. The minimum atomic E-state index is -0.862. The number of imidazole rings is 1. The molecule has 8 heteroatoms. The van der Waals surface area contributed by atoms with E-state index < -0.39 is 16.9 Å². The summed E-state index contributed by atoms with van der Waals surface area (Å²) < 4.78 is 6.54. The first-order valence-corrected chi connectivity index (χ1v) is 7.96. The largest absolute Gasteiger partial charge is 0.468 e. The standard InChI is InChI=1S/C18H18N4O4/c1-11-6-7-21-15(10-14(19)18(23)26-2)17(20-16(21)8-11)12-4-3-5-13(9-12)22(24)25/h3-9,14H,10,19H2,1-2H3. The molecular weight excluding hydrogens is 336 g/mol. The van der Waals surface area contributed by atoms with Crippen molar-refractivity contribution in [1.82, 2.24) is 9.38 Å². The number of benzene rings is 1. The van der Waals surface area contributed by atoms with Crippen molar-refractivity contribution in [2.24, 2.45) is 5.73 Å². The number of aryl methyl sites for hydroxylation is 1. The monoisotopic (exact) mass is 354 g/mol. The first-order valence-electron chi connectivity index (χ1n) is 7.96. The Morgan fingerprint density at radius 1 is 1.38 bits per heavy atom. The van der Waals surface area contributed by atoms with Crippen LogP contribution in [-0.2, 0) is 16.0 Å². The van der Waals surface area contributed by atoms with Crippen LogP contribution in [0.5, 0.6) is 0 Å². The lowest BCUT2D eigenvalue weighted by Crippen LogP contribution is -2.34. The van der Waals surface area contributed by atoms with Gasteiger partial charge in [-0.3, -0.25) is 14.9 Å². The number of nitro benzene ring substituents is 1. The minimum absolute atomic E-state index is 0.0287. The Balaban J connectivity index is 2.17. The number of ether oxygens (including phenoxy) is 1. The van der Waals surface area contributed by atoms with Gasteiger partial charge in [-0.05, 0) is 24.6 Å². The van der Waals surface area contributed by atoms with E-state index in [2.05, 4.69) is 4.98 Å². The summed E-state index contributed by atoms with van der Waals surface area (Å²) in [5, 5.41) is 11.1. The van der Waals surface area contributed by atoms with Crippen molar-refractivity contribution in [3.8, 4) is 11.3 Å². The predicted molar refractivity (Wildman–Crippen MR) is 95.7 cm³/mol. The van der Waals surface area contributed by atoms with E-state index in [1.165, 1.54) is 19.2 Å². The van der Waals surface area contributed by atoms with Crippen molar-refractivity contribution in [3.63, 3.8) is 0 Å². The van der Waals surface area contributed by atoms with Crippen LogP contribution in [0.3, 0.4) is 0 Å². The van der Waals surface area contributed by atoms with Crippen molar-refractivity contribution in [1.29, 1.82) is 0 Å². The number of nitro groups is 1. The topological polar surface area (TPSA) is 113 Å². The smallest absolute Gasteiger partial charge is 0.323 e. The highest BCUT2D eigenvalue weighted by Gasteiger charge is 2.22. The highest BCUT2D eigenvalue weighted by Crippen LogP contribution is 2.28. The number of aromatic nitrogens is 2. The van der Waals surface area contributed by atoms with Gasteiger partial charge in [0.25, 0.3) is 5.69 Å². The van der Waals surface area contributed by atoms with Crippen molar-refractivity contribution in [2.75, 3.05) is 7.11 Å². The number of rotatable bonds is 5. The number of non-ortho nitro benzene ring substituents is 1. The lowest BCUT2D eigenvalue weighted by molar-refractivity contribution is -0.384. The van der Waals surface area contributed by atoms with Crippen molar-refractivity contribution in [3.05, 3.63) is 64.0 Å². The van der Waals surface area contributed by atoms with E-state index in [1.807, 2.05) is 29.7 Å². The molecule has 2 heterocycles. The van der Waals surface area contributed by atoms with Crippen molar-refractivity contribution >= 4 is 17.3 Å². The van der Waals surface area contributed by atoms with Crippen LogP contribution < -0.4 is 5.73 Å². The summed E-state index contributed by atoms with van der Waals surface area (Å²) in [6.07, 6.45) is 2.03. The van der Waals surface area contributed by atoms with Crippen LogP contribution in [0.4, 0.5) is 5.69 Å². The third kappa shape index (κ3) is 3.27. The van der Waals surface area contributed by atoms with E-state index in [0.29, 0.717) is 22.6 Å². The number of carbonyl (C=O) groups excluding carboxylic acids is 1. The quantitative estimate of drug-likeness (QED) is 0.427. The minimum Gasteiger partial charge on any atom is -0.468 e. The molecule has 0 aliphatic carbocycles. The average Bonchev–Trinajstić information content (AvgIpc) is 2.98. The molecule has 0 amide bonds. The molecule has 0 fully saturated rings. The molecular formula is C18H18N4O4. The Bertz CT molecular complexity index is 996. The molecule has 2 aromatic heterocycles. The van der Waals surface area contributed by atoms with Crippen LogP contribution in [0.15, 0.2) is 42.6 Å². The van der Waals surface area contributed by atoms with Crippen LogP contribution in [0, 0.1) is 17.0 Å². The lowest BCUT2D eigenvalue weighted by Gasteiger charge is -2.11. The Labute approximate surface area is 149 Å². The Hall–Kier alpha value is -3.26. The fourth-order valence-electron chi connectivity index (χ4n) is 2.83. The van der Waals surface area contributed by atoms with Crippen LogP contribution in [0.1, 0.15) is 11.3 Å². The Kier molecular flexibility index (Phi) is 4.68. The zero-order chi connectivity index (χ0) is 18.8. The van der Waals surface area contributed by atoms with E-state index in [0.717, 1.165) is 5.56 Å². The number of esters is 1. The van der Waals surface area contributed by atoms with E-state index in [-0.39, 0.29) is 12.1 Å². The third-order valence-electron chi connectivity index (χ3n) is 4.13. The van der Waals surface area contributed by atoms with Gasteiger partial charge >= 0.3 is 5.97 Å².